The third-order valence-corrected chi connectivity index (χ3v) is 7.99. The first-order valence-corrected chi connectivity index (χ1v) is 14.9. The molecule has 0 N–H and O–H groups in total. The van der Waals surface area contributed by atoms with E-state index in [1.165, 1.54) is 0 Å². The van der Waals surface area contributed by atoms with Gasteiger partial charge in [-0.3, -0.25) is 60.7 Å². The molecule has 0 radical (unpaired) electrons. The first-order chi connectivity index (χ1) is 27.7. The van der Waals surface area contributed by atoms with E-state index in [-0.39, 0.29) is 48.5 Å². The van der Waals surface area contributed by atoms with Crippen molar-refractivity contribution in [3.8, 4) is 23.0 Å². The summed E-state index contributed by atoms with van der Waals surface area (Å²) < 4.78 is 180. The number of rotatable bonds is 12. The van der Waals surface area contributed by atoms with Gasteiger partial charge in [0.05, 0.1) is 40.7 Å². The molecule has 0 saturated heterocycles. The number of hydrogen-bond acceptors (Lipinski definition) is 14. The lowest BCUT2D eigenvalue weighted by Gasteiger charge is -2.38. The average molecular weight is 894 g/mol. The first kappa shape index (κ1) is 45.7. The Morgan fingerprint density at radius 3 is 0.787 bits per heavy atom. The van der Waals surface area contributed by atoms with Crippen LogP contribution in [-0.2, 0) is 17.8 Å². The van der Waals surface area contributed by atoms with Gasteiger partial charge in [-0.15, -0.1) is 0 Å². The van der Waals surface area contributed by atoms with E-state index in [2.05, 4.69) is 0 Å². The smallest absolute Gasteiger partial charge is 0.416 e. The van der Waals surface area contributed by atoms with E-state index < -0.39 is 151 Å². The van der Waals surface area contributed by atoms with Gasteiger partial charge in [-0.1, -0.05) is 12.1 Å². The molecule has 0 bridgehead atoms. The maximum atomic E-state index is 15.0. The lowest BCUT2D eigenvalue weighted by Crippen LogP contribution is -2.54. The average Bonchev–Trinajstić information content (AvgIpc) is 3.10. The highest BCUT2D eigenvalue weighted by Gasteiger charge is 2.73. The number of halogens is 12. The summed E-state index contributed by atoms with van der Waals surface area (Å²) in [6.07, 6.45) is -24.6. The minimum absolute atomic E-state index is 0.167. The van der Waals surface area contributed by atoms with Crippen LogP contribution in [0.15, 0.2) is 60.7 Å². The van der Waals surface area contributed by atoms with Crippen LogP contribution in [0.4, 0.5) is 86.8 Å². The third-order valence-electron chi connectivity index (χ3n) is 7.99. The molecule has 0 fully saturated rings. The van der Waals surface area contributed by atoms with Crippen molar-refractivity contribution in [3.05, 3.63) is 144 Å². The summed E-state index contributed by atoms with van der Waals surface area (Å²) in [6.45, 7) is 0. The molecule has 0 aliphatic heterocycles. The third kappa shape index (κ3) is 8.47. The lowest BCUT2D eigenvalue weighted by molar-refractivity contribution is -0.396. The fraction of sp³-hybridized carbons (Fsp3) is 0.172. The van der Waals surface area contributed by atoms with Gasteiger partial charge in [0.25, 0.3) is 11.5 Å². The van der Waals surface area contributed by atoms with E-state index in [0.29, 0.717) is 0 Å². The van der Waals surface area contributed by atoms with E-state index in [4.69, 9.17) is 9.47 Å². The summed E-state index contributed by atoms with van der Waals surface area (Å²) in [4.78, 5) is 59.8. The maximum Gasteiger partial charge on any atom is 0.416 e. The Morgan fingerprint density at radius 1 is 0.361 bits per heavy atom. The predicted molar refractivity (Wildman–Crippen MR) is 169 cm³/mol. The molecule has 0 aliphatic rings. The minimum atomic E-state index is -6.80. The van der Waals surface area contributed by atoms with E-state index in [1.807, 2.05) is 0 Å². The molecular weight excluding hydrogens is 884 g/mol. The highest BCUT2D eigenvalue weighted by molar-refractivity contribution is 5.67. The number of hydrogen-bond donors (Lipinski definition) is 0. The Balaban J connectivity index is 2.04. The second-order valence-electron chi connectivity index (χ2n) is 11.5. The van der Waals surface area contributed by atoms with E-state index in [9.17, 15) is 87.0 Å². The summed E-state index contributed by atoms with van der Waals surface area (Å²) in [5.41, 5.74) is -26.2. The van der Waals surface area contributed by atoms with Crippen LogP contribution in [0.25, 0.3) is 0 Å². The zero-order valence-electron chi connectivity index (χ0n) is 28.2. The van der Waals surface area contributed by atoms with Crippen molar-refractivity contribution in [1.82, 2.24) is 0 Å². The Kier molecular flexibility index (Phi) is 11.5. The van der Waals surface area contributed by atoms with Gasteiger partial charge in [0, 0.05) is 36.4 Å². The van der Waals surface area contributed by atoms with Crippen LogP contribution in [0.2, 0.25) is 0 Å². The van der Waals surface area contributed by atoms with Gasteiger partial charge in [-0.25, -0.2) is 0 Å². The van der Waals surface area contributed by atoms with Crippen LogP contribution in [0, 0.1) is 60.7 Å². The van der Waals surface area contributed by atoms with E-state index in [0.717, 1.165) is 0 Å². The van der Waals surface area contributed by atoms with Gasteiger partial charge in [-0.2, -0.15) is 52.7 Å². The fourth-order valence-electron chi connectivity index (χ4n) is 5.44. The molecule has 324 valence electrons. The molecule has 4 aromatic rings. The zero-order chi connectivity index (χ0) is 46.5. The summed E-state index contributed by atoms with van der Waals surface area (Å²) in [5.74, 6) is -6.99. The standard InChI is InChI=1S/C29H10F12N6O14/c30-26(31,32)13-7-17(44(52)53)23(18(8-13)45(54)55)60-21-3-1-11(5-15(21)42(48)49)25(28(36,37)38,29(39,40)41)12-2-4-22(16(6-12)43(50)51)61-24-19(46(56)57)9-14(27(33,34)35)10-20(24)47(58)59/h1-10H. The molecule has 0 heterocycles. The van der Waals surface area contributed by atoms with Crippen LogP contribution < -0.4 is 9.47 Å². The second-order valence-corrected chi connectivity index (χ2v) is 11.5. The van der Waals surface area contributed by atoms with Crippen LogP contribution in [-0.4, -0.2) is 41.9 Å². The van der Waals surface area contributed by atoms with Crippen LogP contribution in [0.1, 0.15) is 22.3 Å². The zero-order valence-corrected chi connectivity index (χ0v) is 28.2. The van der Waals surface area contributed by atoms with Crippen molar-refractivity contribution in [3.63, 3.8) is 0 Å². The molecule has 0 amide bonds. The molecule has 0 aromatic heterocycles. The second kappa shape index (κ2) is 15.3. The van der Waals surface area contributed by atoms with Gasteiger partial charge >= 0.3 is 58.8 Å². The van der Waals surface area contributed by atoms with Gasteiger partial charge < -0.3 is 9.47 Å². The van der Waals surface area contributed by atoms with Gasteiger partial charge in [0.15, 0.2) is 0 Å². The molecule has 32 heteroatoms. The molecule has 0 unspecified atom stereocenters. The Hall–Kier alpha value is -7.96. The van der Waals surface area contributed by atoms with E-state index >= 15 is 26.3 Å². The summed E-state index contributed by atoms with van der Waals surface area (Å²) in [5, 5.41) is 70.4. The highest BCUT2D eigenvalue weighted by Crippen LogP contribution is 2.59. The van der Waals surface area contributed by atoms with Crippen molar-refractivity contribution in [2.45, 2.75) is 30.1 Å². The van der Waals surface area contributed by atoms with Crippen LogP contribution >= 0.6 is 0 Å². The lowest BCUT2D eigenvalue weighted by atomic mass is 9.72. The largest absolute Gasteiger partial charge is 0.437 e. The molecule has 61 heavy (non-hydrogen) atoms. The fourth-order valence-corrected chi connectivity index (χ4v) is 5.44. The Labute approximate surface area is 323 Å². The number of benzene rings is 4. The van der Waals surface area contributed by atoms with Crippen molar-refractivity contribution >= 4 is 34.1 Å². The molecule has 0 atom stereocenters. The SMILES string of the molecule is O=[N+]([O-])c1cc(C(c2ccc(Oc3c([N+](=O)[O-])cc(C(F)(F)F)cc3[N+](=O)[O-])c([N+](=O)[O-])c2)(C(F)(F)F)C(F)(F)F)ccc1Oc1c([N+](=O)[O-])cc(C(F)(F)F)cc1[N+](=O)[O-]. The quantitative estimate of drug-likeness (QED) is 0.0726. The maximum absolute atomic E-state index is 15.0. The Bertz CT molecular complexity index is 2300. The summed E-state index contributed by atoms with van der Waals surface area (Å²) in [7, 11) is 0. The van der Waals surface area contributed by atoms with Crippen molar-refractivity contribution < 1.29 is 91.7 Å². The Morgan fingerprint density at radius 2 is 0.590 bits per heavy atom. The predicted octanol–water partition coefficient (Wildman–Crippen LogP) is 10.2. The van der Waals surface area contributed by atoms with Gasteiger partial charge in [-0.05, 0) is 23.3 Å². The van der Waals surface area contributed by atoms with Crippen LogP contribution in [0.3, 0.4) is 0 Å². The number of nitro benzene ring substituents is 6. The first-order valence-electron chi connectivity index (χ1n) is 14.9. The normalized spacial score (nSPS) is 12.4. The van der Waals surface area contributed by atoms with Crippen molar-refractivity contribution in [1.29, 1.82) is 0 Å². The van der Waals surface area contributed by atoms with Crippen molar-refractivity contribution in [2.75, 3.05) is 0 Å². The molecule has 0 aliphatic carbocycles. The number of nitro groups is 6. The monoisotopic (exact) mass is 894 g/mol. The summed E-state index contributed by atoms with van der Waals surface area (Å²) in [6, 6.07) is -3.55. The van der Waals surface area contributed by atoms with Gasteiger partial charge in [0.1, 0.15) is 0 Å². The molecule has 0 saturated carbocycles. The molecule has 20 nitrogen and oxygen atoms in total. The molecule has 4 aromatic carbocycles. The molecule has 4 rings (SSSR count). The summed E-state index contributed by atoms with van der Waals surface area (Å²) >= 11 is 0. The topological polar surface area (TPSA) is 277 Å². The molecule has 0 spiro atoms. The molecular formula is C29H10F12N6O14. The number of nitrogens with zero attached hydrogens (tertiary/aromatic N) is 6. The minimum Gasteiger partial charge on any atom is -0.437 e. The van der Waals surface area contributed by atoms with Gasteiger partial charge in [0.2, 0.25) is 16.9 Å². The number of ether oxygens (including phenoxy) is 2. The van der Waals surface area contributed by atoms with Crippen LogP contribution in [0.5, 0.6) is 23.0 Å². The number of alkyl halides is 12. The highest BCUT2D eigenvalue weighted by atomic mass is 19.4. The van der Waals surface area contributed by atoms with E-state index in [1.54, 1.807) is 0 Å². The van der Waals surface area contributed by atoms with Crippen molar-refractivity contribution in [2.24, 2.45) is 0 Å².